The molecule has 1 N–H and O–H groups in total. The van der Waals surface area contributed by atoms with Crippen LogP contribution in [0.15, 0.2) is 54.6 Å². The molecule has 7 rings (SSSR count). The van der Waals surface area contributed by atoms with E-state index in [1.54, 1.807) is 16.7 Å². The van der Waals surface area contributed by atoms with Crippen LogP contribution in [0, 0.1) is 5.41 Å². The fraction of sp³-hybridized carbons (Fsp3) is 0.568. The monoisotopic (exact) mass is 657 g/mol. The Morgan fingerprint density at radius 3 is 2.35 bits per heavy atom. The van der Waals surface area contributed by atoms with Gasteiger partial charge in [-0.1, -0.05) is 74.9 Å². The van der Waals surface area contributed by atoms with Gasteiger partial charge in [-0.2, -0.15) is 0 Å². The predicted octanol–water partition coefficient (Wildman–Crippen LogP) is 5.65. The van der Waals surface area contributed by atoms with Crippen LogP contribution in [0.25, 0.3) is 11.3 Å². The Labute approximate surface area is 282 Å². The van der Waals surface area contributed by atoms with Gasteiger partial charge in [0.2, 0.25) is 5.91 Å². The average molecular weight is 658 g/mol. The highest BCUT2D eigenvalue weighted by molar-refractivity contribution is 6.01. The summed E-state index contributed by atoms with van der Waals surface area (Å²) in [7, 11) is 1.61. The van der Waals surface area contributed by atoms with E-state index < -0.39 is 41.9 Å². The summed E-state index contributed by atoms with van der Waals surface area (Å²) in [5.41, 5.74) is 1.72. The fourth-order valence-corrected chi connectivity index (χ4v) is 8.33. The molecule has 2 amide bonds. The maximum atomic E-state index is 15.0. The van der Waals surface area contributed by atoms with Gasteiger partial charge in [0.15, 0.2) is 17.8 Å². The third kappa shape index (κ3) is 6.12. The second-order valence-corrected chi connectivity index (χ2v) is 15.6. The smallest absolute Gasteiger partial charge is 0.275 e. The van der Waals surface area contributed by atoms with Crippen LogP contribution in [0.3, 0.4) is 0 Å². The summed E-state index contributed by atoms with van der Waals surface area (Å²) in [6.45, 7) is 10.6. The number of carbonyl (C=O) groups is 2. The van der Waals surface area contributed by atoms with E-state index in [4.69, 9.17) is 18.9 Å². The number of hydrogen-bond donors (Lipinski definition) is 1. The molecular weight excluding hydrogens is 610 g/mol. The van der Waals surface area contributed by atoms with Crippen molar-refractivity contribution in [1.82, 2.24) is 25.2 Å². The summed E-state index contributed by atoms with van der Waals surface area (Å²) in [5, 5.41) is 12.5. The molecule has 11 nitrogen and oxygen atoms in total. The van der Waals surface area contributed by atoms with Crippen LogP contribution in [0.2, 0.25) is 0 Å². The Morgan fingerprint density at radius 2 is 1.69 bits per heavy atom. The first-order valence-corrected chi connectivity index (χ1v) is 17.1. The highest BCUT2D eigenvalue weighted by Crippen LogP contribution is 2.51. The van der Waals surface area contributed by atoms with Gasteiger partial charge in [0.1, 0.15) is 35.7 Å². The van der Waals surface area contributed by atoms with Crippen molar-refractivity contribution < 1.29 is 28.5 Å². The summed E-state index contributed by atoms with van der Waals surface area (Å²) in [6, 6.07) is 15.4. The topological polar surface area (TPSA) is 117 Å². The van der Waals surface area contributed by atoms with Gasteiger partial charge in [-0.05, 0) is 56.2 Å². The van der Waals surface area contributed by atoms with Crippen molar-refractivity contribution >= 4 is 11.8 Å². The fourth-order valence-electron chi connectivity index (χ4n) is 8.33. The van der Waals surface area contributed by atoms with E-state index >= 15 is 4.79 Å². The van der Waals surface area contributed by atoms with Crippen molar-refractivity contribution in [3.8, 4) is 17.0 Å². The Bertz CT molecular complexity index is 1640. The van der Waals surface area contributed by atoms with E-state index in [1.165, 1.54) is 0 Å². The first kappa shape index (κ1) is 32.7. The van der Waals surface area contributed by atoms with Crippen molar-refractivity contribution in [3.05, 3.63) is 65.9 Å². The summed E-state index contributed by atoms with van der Waals surface area (Å²) in [4.78, 5) is 31.4. The van der Waals surface area contributed by atoms with Gasteiger partial charge in [0.25, 0.3) is 5.91 Å². The molecule has 3 fully saturated rings. The molecule has 3 aromatic rings. The minimum absolute atomic E-state index is 0.0449. The largest absolute Gasteiger partial charge is 0.497 e. The third-order valence-corrected chi connectivity index (χ3v) is 9.88. The minimum Gasteiger partial charge on any atom is -0.497 e. The molecule has 4 heterocycles. The zero-order chi connectivity index (χ0) is 33.8. The van der Waals surface area contributed by atoms with Crippen LogP contribution in [-0.2, 0) is 25.5 Å². The van der Waals surface area contributed by atoms with Crippen molar-refractivity contribution in [2.45, 2.75) is 122 Å². The number of aromatic nitrogens is 3. The molecule has 2 saturated heterocycles. The zero-order valence-corrected chi connectivity index (χ0v) is 28.8. The second kappa shape index (κ2) is 12.3. The van der Waals surface area contributed by atoms with E-state index in [0.717, 1.165) is 49.7 Å². The lowest BCUT2D eigenvalue weighted by molar-refractivity contribution is -0.244. The van der Waals surface area contributed by atoms with Crippen LogP contribution in [-0.4, -0.2) is 74.7 Å². The highest BCUT2D eigenvalue weighted by Gasteiger charge is 2.64. The molecule has 1 aliphatic carbocycles. The SMILES string of the molecule is COc1ccc(CN2C(=O)c3c(-c4ccccc4)nnn3[C@@H]3[C@H]4OC5(CCCCC5)O[C@H]4O[C@@H]3[C@@H]2C(=O)NC(C)(C)CC(C)(C)C)cc1. The molecule has 48 heavy (non-hydrogen) atoms. The summed E-state index contributed by atoms with van der Waals surface area (Å²) in [6.07, 6.45) is 3.29. The molecule has 11 heteroatoms. The van der Waals surface area contributed by atoms with Crippen LogP contribution in [0.5, 0.6) is 5.75 Å². The van der Waals surface area contributed by atoms with Crippen molar-refractivity contribution in [3.63, 3.8) is 0 Å². The number of benzene rings is 2. The van der Waals surface area contributed by atoms with E-state index in [-0.39, 0.29) is 23.8 Å². The van der Waals surface area contributed by atoms with Gasteiger partial charge in [-0.15, -0.1) is 5.10 Å². The van der Waals surface area contributed by atoms with Gasteiger partial charge >= 0.3 is 0 Å². The molecule has 1 saturated carbocycles. The first-order valence-electron chi connectivity index (χ1n) is 17.1. The van der Waals surface area contributed by atoms with E-state index in [1.807, 2.05) is 68.4 Å². The number of fused-ring (bicyclic) bond motifs is 5. The number of nitrogens with one attached hydrogen (secondary N) is 1. The highest BCUT2D eigenvalue weighted by atomic mass is 16.8. The first-order chi connectivity index (χ1) is 22.9. The number of carbonyl (C=O) groups excluding carboxylic acids is 2. The quantitative estimate of drug-likeness (QED) is 0.347. The molecule has 3 aliphatic heterocycles. The molecule has 2 aromatic carbocycles. The van der Waals surface area contributed by atoms with Crippen LogP contribution >= 0.6 is 0 Å². The lowest BCUT2D eigenvalue weighted by Gasteiger charge is -2.39. The van der Waals surface area contributed by atoms with Crippen molar-refractivity contribution in [1.29, 1.82) is 0 Å². The zero-order valence-electron chi connectivity index (χ0n) is 28.8. The maximum Gasteiger partial charge on any atom is 0.275 e. The Morgan fingerprint density at radius 1 is 0.979 bits per heavy atom. The molecule has 1 aromatic heterocycles. The molecule has 256 valence electrons. The van der Waals surface area contributed by atoms with Crippen LogP contribution in [0.4, 0.5) is 0 Å². The molecule has 0 bridgehead atoms. The maximum absolute atomic E-state index is 15.0. The van der Waals surface area contributed by atoms with Gasteiger partial charge in [-0.3, -0.25) is 9.59 Å². The number of hydrogen-bond acceptors (Lipinski definition) is 8. The molecule has 4 aliphatic rings. The van der Waals surface area contributed by atoms with Crippen molar-refractivity contribution in [2.24, 2.45) is 5.41 Å². The second-order valence-electron chi connectivity index (χ2n) is 15.6. The van der Waals surface area contributed by atoms with Gasteiger partial charge < -0.3 is 29.2 Å². The van der Waals surface area contributed by atoms with Crippen molar-refractivity contribution in [2.75, 3.05) is 7.11 Å². The van der Waals surface area contributed by atoms with E-state index in [9.17, 15) is 4.79 Å². The number of rotatable bonds is 7. The molecule has 0 unspecified atom stereocenters. The predicted molar refractivity (Wildman–Crippen MR) is 178 cm³/mol. The third-order valence-electron chi connectivity index (χ3n) is 9.88. The van der Waals surface area contributed by atoms with E-state index in [2.05, 4.69) is 36.4 Å². The Kier molecular flexibility index (Phi) is 8.36. The number of amides is 2. The molecular formula is C37H47N5O6. The summed E-state index contributed by atoms with van der Waals surface area (Å²) >= 11 is 0. The van der Waals surface area contributed by atoms with Crippen LogP contribution in [0.1, 0.15) is 95.2 Å². The Balaban J connectivity index is 1.35. The lowest BCUT2D eigenvalue weighted by Crippen LogP contribution is -2.59. The summed E-state index contributed by atoms with van der Waals surface area (Å²) in [5.74, 6) is -0.698. The van der Waals surface area contributed by atoms with E-state index in [0.29, 0.717) is 17.1 Å². The average Bonchev–Trinajstić information content (AvgIpc) is 3.69. The van der Waals surface area contributed by atoms with Gasteiger partial charge in [-0.25, -0.2) is 4.68 Å². The van der Waals surface area contributed by atoms with Crippen LogP contribution < -0.4 is 10.1 Å². The van der Waals surface area contributed by atoms with Gasteiger partial charge in [0.05, 0.1) is 7.11 Å². The standard InChI is InChI=1S/C37H47N5O6/c1-35(2,3)22-36(4,5)38-32(43)29-30-28(31-34(46-30)48-37(47-31)19-11-8-12-20-37)42-27(26(39-40-42)24-13-9-7-10-14-24)33(44)41(29)21-23-15-17-25(45-6)18-16-23/h7,9-10,13-18,28-31,34H,8,11-12,19-22H2,1-6H3,(H,38,43)/t28-,29+,30-,31+,34+/m0/s1. The lowest BCUT2D eigenvalue weighted by atomic mass is 9.81. The molecule has 0 radical (unpaired) electrons. The minimum atomic E-state index is -1.02. The molecule has 5 atom stereocenters. The molecule has 1 spiro atoms. The number of nitrogens with zero attached hydrogens (tertiary/aromatic N) is 4. The number of methoxy groups -OCH3 is 1. The summed E-state index contributed by atoms with van der Waals surface area (Å²) < 4.78 is 27.2. The number of ether oxygens (including phenoxy) is 4. The van der Waals surface area contributed by atoms with Gasteiger partial charge in [0, 0.05) is 30.5 Å². The Hall–Kier alpha value is -3.80. The normalized spacial score (nSPS) is 26.5.